The smallest absolute Gasteiger partial charge is 0.317 e. The van der Waals surface area contributed by atoms with E-state index in [0.717, 1.165) is 38.5 Å². The van der Waals surface area contributed by atoms with E-state index in [9.17, 15) is 19.2 Å². The van der Waals surface area contributed by atoms with Crippen LogP contribution >= 0.6 is 0 Å². The van der Waals surface area contributed by atoms with Crippen molar-refractivity contribution in [3.63, 3.8) is 0 Å². The fourth-order valence-electron chi connectivity index (χ4n) is 4.99. The summed E-state index contributed by atoms with van der Waals surface area (Å²) in [5, 5.41) is 0. The first-order valence-electron chi connectivity index (χ1n) is 8.37. The van der Waals surface area contributed by atoms with Gasteiger partial charge in [-0.15, -0.1) is 0 Å². The number of rotatable bonds is 5. The van der Waals surface area contributed by atoms with Crippen molar-refractivity contribution >= 4 is 23.5 Å². The highest BCUT2D eigenvalue weighted by molar-refractivity contribution is 6.09. The second-order valence-corrected chi connectivity index (χ2v) is 7.39. The monoisotopic (exact) mass is 304 g/mol. The third kappa shape index (κ3) is 1.97. The maximum Gasteiger partial charge on any atom is 0.317 e. The average Bonchev–Trinajstić information content (AvgIpc) is 2.72. The molecule has 118 valence electrons. The molecule has 1 heterocycles. The van der Waals surface area contributed by atoms with Gasteiger partial charge in [-0.05, 0) is 37.5 Å². The zero-order chi connectivity index (χ0) is 15.4. The molecule has 4 aliphatic rings. The summed E-state index contributed by atoms with van der Waals surface area (Å²) in [6, 6.07) is 0. The highest BCUT2D eigenvalue weighted by atomic mass is 16.6. The van der Waals surface area contributed by atoms with Crippen molar-refractivity contribution in [1.82, 2.24) is 0 Å². The van der Waals surface area contributed by atoms with Crippen molar-refractivity contribution in [1.29, 1.82) is 0 Å². The molecule has 4 rings (SSSR count). The van der Waals surface area contributed by atoms with Crippen molar-refractivity contribution < 1.29 is 23.9 Å². The predicted molar refractivity (Wildman–Crippen MR) is 74.4 cm³/mol. The minimum Gasteiger partial charge on any atom is -0.393 e. The second-order valence-electron chi connectivity index (χ2n) is 7.39. The molecule has 6 atom stereocenters. The van der Waals surface area contributed by atoms with Crippen molar-refractivity contribution in [3.8, 4) is 0 Å². The normalized spacial score (nSPS) is 42.5. The van der Waals surface area contributed by atoms with Gasteiger partial charge in [0.2, 0.25) is 0 Å². The highest BCUT2D eigenvalue weighted by Gasteiger charge is 2.56. The molecule has 0 amide bonds. The van der Waals surface area contributed by atoms with Gasteiger partial charge in [0.05, 0.1) is 18.3 Å². The van der Waals surface area contributed by atoms with E-state index >= 15 is 0 Å². The number of ether oxygens (including phenoxy) is 1. The average molecular weight is 304 g/mol. The first-order chi connectivity index (χ1) is 10.6. The van der Waals surface area contributed by atoms with Gasteiger partial charge in [-0.25, -0.2) is 0 Å². The number of carbonyl (C=O) groups excluding carboxylic acids is 4. The molecule has 0 aromatic heterocycles. The molecule has 0 spiro atoms. The lowest BCUT2D eigenvalue weighted by Gasteiger charge is -2.38. The van der Waals surface area contributed by atoms with E-state index in [1.807, 2.05) is 0 Å². The molecular weight excluding hydrogens is 284 g/mol. The Labute approximate surface area is 128 Å². The van der Waals surface area contributed by atoms with Crippen LogP contribution in [0.15, 0.2) is 0 Å². The standard InChI is InChI=1S/C17H20O5/c18-12-7-13(19)14-8(5-10(12)14)3-1-2-4-9-6-11-15(9)17(21)22-16(11)20/h8-11,14-15H,1-7H2. The van der Waals surface area contributed by atoms with Crippen LogP contribution in [-0.4, -0.2) is 23.5 Å². The predicted octanol–water partition coefficient (Wildman–Crippen LogP) is 1.68. The van der Waals surface area contributed by atoms with E-state index in [4.69, 9.17) is 0 Å². The number of unbranched alkanes of at least 4 members (excludes halogenated alkanes) is 1. The van der Waals surface area contributed by atoms with E-state index in [2.05, 4.69) is 4.74 Å². The van der Waals surface area contributed by atoms with Crippen molar-refractivity contribution in [2.75, 3.05) is 0 Å². The first-order valence-corrected chi connectivity index (χ1v) is 8.37. The van der Waals surface area contributed by atoms with Crippen LogP contribution < -0.4 is 0 Å². The third-order valence-electron chi connectivity index (χ3n) is 6.31. The lowest BCUT2D eigenvalue weighted by atomic mass is 9.63. The Kier molecular flexibility index (Phi) is 3.20. The third-order valence-corrected chi connectivity index (χ3v) is 6.31. The molecule has 0 N–H and O–H groups in total. The molecule has 0 aromatic rings. The summed E-state index contributed by atoms with van der Waals surface area (Å²) in [5.41, 5.74) is 0. The van der Waals surface area contributed by atoms with E-state index in [-0.39, 0.29) is 53.6 Å². The molecule has 22 heavy (non-hydrogen) atoms. The van der Waals surface area contributed by atoms with Crippen LogP contribution in [0.1, 0.15) is 44.9 Å². The van der Waals surface area contributed by atoms with E-state index in [0.29, 0.717) is 11.8 Å². The SMILES string of the molecule is O=C1CC(=O)C2C(CCCCC3CC4C(=O)OC(=O)C34)CC12. The Morgan fingerprint density at radius 1 is 0.773 bits per heavy atom. The largest absolute Gasteiger partial charge is 0.393 e. The number of hydrogen-bond donors (Lipinski definition) is 0. The van der Waals surface area contributed by atoms with Gasteiger partial charge in [-0.2, -0.15) is 0 Å². The fraction of sp³-hybridized carbons (Fsp3) is 0.765. The maximum absolute atomic E-state index is 11.7. The van der Waals surface area contributed by atoms with Crippen LogP contribution in [0.2, 0.25) is 0 Å². The summed E-state index contributed by atoms with van der Waals surface area (Å²) < 4.78 is 4.67. The van der Waals surface area contributed by atoms with Gasteiger partial charge in [0, 0.05) is 11.8 Å². The summed E-state index contributed by atoms with van der Waals surface area (Å²) in [4.78, 5) is 46.1. The Bertz CT molecular complexity index is 515. The fourth-order valence-corrected chi connectivity index (χ4v) is 4.99. The van der Waals surface area contributed by atoms with Crippen LogP contribution in [0, 0.1) is 35.5 Å². The van der Waals surface area contributed by atoms with Crippen molar-refractivity contribution in [2.24, 2.45) is 35.5 Å². The molecule has 1 aliphatic heterocycles. The number of Topliss-reactive ketones (excluding diaryl/α,β-unsaturated/α-hetero) is 2. The van der Waals surface area contributed by atoms with Gasteiger partial charge in [-0.1, -0.05) is 12.8 Å². The molecule has 3 saturated carbocycles. The number of carbonyl (C=O) groups is 4. The van der Waals surface area contributed by atoms with E-state index in [1.165, 1.54) is 0 Å². The lowest BCUT2D eigenvalue weighted by molar-refractivity contribution is -0.153. The molecule has 0 radical (unpaired) electrons. The van der Waals surface area contributed by atoms with E-state index < -0.39 is 0 Å². The zero-order valence-electron chi connectivity index (χ0n) is 12.5. The van der Waals surface area contributed by atoms with Gasteiger partial charge in [0.1, 0.15) is 11.6 Å². The summed E-state index contributed by atoms with van der Waals surface area (Å²) in [6.45, 7) is 0. The molecule has 4 fully saturated rings. The number of cyclic esters (lactones) is 2. The summed E-state index contributed by atoms with van der Waals surface area (Å²) in [6.07, 6.45) is 5.85. The van der Waals surface area contributed by atoms with Crippen LogP contribution in [0.3, 0.4) is 0 Å². The van der Waals surface area contributed by atoms with Gasteiger partial charge in [0.25, 0.3) is 0 Å². The van der Waals surface area contributed by atoms with Crippen molar-refractivity contribution in [2.45, 2.75) is 44.9 Å². The quantitative estimate of drug-likeness (QED) is 0.439. The molecule has 1 saturated heterocycles. The number of ketones is 2. The number of hydrogen-bond acceptors (Lipinski definition) is 5. The second kappa shape index (κ2) is 5.00. The minimum absolute atomic E-state index is 0.0167. The minimum atomic E-state index is -0.337. The molecular formula is C17H20O5. The topological polar surface area (TPSA) is 77.5 Å². The Hall–Kier alpha value is -1.52. The van der Waals surface area contributed by atoms with Crippen molar-refractivity contribution in [3.05, 3.63) is 0 Å². The number of esters is 2. The zero-order valence-corrected chi connectivity index (χ0v) is 12.5. The molecule has 0 bridgehead atoms. The molecule has 5 nitrogen and oxygen atoms in total. The Balaban J connectivity index is 1.19. The van der Waals surface area contributed by atoms with Crippen LogP contribution in [0.4, 0.5) is 0 Å². The first kappa shape index (κ1) is 14.1. The molecule has 5 heteroatoms. The molecule has 0 aromatic carbocycles. The van der Waals surface area contributed by atoms with Crippen LogP contribution in [0.25, 0.3) is 0 Å². The lowest BCUT2D eigenvalue weighted by Crippen LogP contribution is -2.39. The van der Waals surface area contributed by atoms with E-state index in [1.54, 1.807) is 0 Å². The molecule has 3 aliphatic carbocycles. The summed E-state index contributed by atoms with van der Waals surface area (Å²) in [7, 11) is 0. The molecule has 6 unspecified atom stereocenters. The van der Waals surface area contributed by atoms with Gasteiger partial charge in [0.15, 0.2) is 0 Å². The van der Waals surface area contributed by atoms with Crippen LogP contribution in [-0.2, 0) is 23.9 Å². The van der Waals surface area contributed by atoms with Gasteiger partial charge < -0.3 is 4.74 Å². The van der Waals surface area contributed by atoms with Crippen LogP contribution in [0.5, 0.6) is 0 Å². The highest BCUT2D eigenvalue weighted by Crippen LogP contribution is 2.50. The Morgan fingerprint density at radius 2 is 1.41 bits per heavy atom. The van der Waals surface area contributed by atoms with Gasteiger partial charge in [-0.3, -0.25) is 19.2 Å². The number of fused-ring (bicyclic) bond motifs is 2. The van der Waals surface area contributed by atoms with Gasteiger partial charge >= 0.3 is 11.9 Å². The Morgan fingerprint density at radius 3 is 2.05 bits per heavy atom. The summed E-state index contributed by atoms with van der Waals surface area (Å²) >= 11 is 0. The summed E-state index contributed by atoms with van der Waals surface area (Å²) in [5.74, 6) is 0.0217. The maximum atomic E-state index is 11.7.